The zero-order chi connectivity index (χ0) is 18.5. The molecule has 2 rings (SSSR count). The van der Waals surface area contributed by atoms with Crippen molar-refractivity contribution in [1.29, 1.82) is 0 Å². The number of nitrogens with two attached hydrogens (primary N) is 1. The summed E-state index contributed by atoms with van der Waals surface area (Å²) in [6, 6.07) is 0.0232. The van der Waals surface area contributed by atoms with E-state index in [1.807, 2.05) is 70.2 Å². The lowest BCUT2D eigenvalue weighted by Gasteiger charge is -2.21. The monoisotopic (exact) mass is 354 g/mol. The minimum absolute atomic E-state index is 0.00921. The molecule has 0 saturated heterocycles. The molecule has 0 aliphatic carbocycles. The van der Waals surface area contributed by atoms with Crippen LogP contribution in [-0.4, -0.2) is 28.1 Å². The van der Waals surface area contributed by atoms with Gasteiger partial charge in [-0.1, -0.05) is 0 Å². The van der Waals surface area contributed by atoms with Crippen LogP contribution in [0.4, 0.5) is 0 Å². The van der Waals surface area contributed by atoms with Gasteiger partial charge in [0.2, 0.25) is 0 Å². The first-order valence-corrected chi connectivity index (χ1v) is 9.07. The topological polar surface area (TPSA) is 90.8 Å². The van der Waals surface area contributed by atoms with Gasteiger partial charge in [-0.15, -0.1) is 0 Å². The highest BCUT2D eigenvalue weighted by Gasteiger charge is 2.22. The van der Waals surface area contributed by atoms with Crippen LogP contribution in [0, 0.1) is 0 Å². The maximum atomic E-state index is 11.8. The third-order valence-electron chi connectivity index (χ3n) is 3.35. The molecule has 2 aromatic heterocycles. The summed E-state index contributed by atoms with van der Waals surface area (Å²) in [6.45, 7) is 9.72. The number of aromatic nitrogens is 4. The second-order valence-corrected chi connectivity index (χ2v) is 8.80. The molecule has 0 radical (unpaired) electrons. The smallest absolute Gasteiger partial charge is 0.126 e. The van der Waals surface area contributed by atoms with Crippen molar-refractivity contribution in [3.8, 4) is 0 Å². The Morgan fingerprint density at radius 3 is 1.83 bits per heavy atom. The van der Waals surface area contributed by atoms with Crippen molar-refractivity contribution in [2.75, 3.05) is 0 Å². The van der Waals surface area contributed by atoms with Gasteiger partial charge in [0.05, 0.1) is 27.8 Å². The summed E-state index contributed by atoms with van der Waals surface area (Å²) < 4.78 is 18.5. The Kier molecular flexibility index (Phi) is 7.31. The van der Waals surface area contributed by atoms with Crippen LogP contribution >= 0.6 is 0 Å². The number of aryl methyl sites for hydroxylation is 2. The highest BCUT2D eigenvalue weighted by Crippen LogP contribution is 2.15. The van der Waals surface area contributed by atoms with Gasteiger partial charge < -0.3 is 14.9 Å². The van der Waals surface area contributed by atoms with Crippen LogP contribution in [0.15, 0.2) is 24.8 Å². The lowest BCUT2D eigenvalue weighted by Crippen LogP contribution is -2.35. The van der Waals surface area contributed by atoms with Gasteiger partial charge in [-0.3, -0.25) is 0 Å². The molecule has 0 aliphatic heterocycles. The summed E-state index contributed by atoms with van der Waals surface area (Å²) in [4.78, 5) is 8.27. The molecule has 0 bridgehead atoms. The molecule has 0 fully saturated rings. The molecule has 2 heterocycles. The molecule has 0 spiro atoms. The van der Waals surface area contributed by atoms with E-state index < -0.39 is 11.0 Å². The standard InChI is InChI=1S/C10H19N3OS.C6H11N3/c1-8(9-11-6-7-13(9)5)12-15(14)10(2,3)4;1-5(7)6-8-3-4-9(6)2/h6-8,12H,1-5H3;3-5H,7H2,1-2H3. The molecule has 8 heteroatoms. The van der Waals surface area contributed by atoms with Gasteiger partial charge in [0.25, 0.3) is 0 Å². The molecule has 3 N–H and O–H groups in total. The Hall–Kier alpha value is -1.51. The van der Waals surface area contributed by atoms with Crippen LogP contribution in [0.2, 0.25) is 0 Å². The molecular formula is C16H30N6OS. The Morgan fingerprint density at radius 2 is 1.54 bits per heavy atom. The van der Waals surface area contributed by atoms with Crippen LogP contribution in [-0.2, 0) is 25.1 Å². The second kappa shape index (κ2) is 8.55. The van der Waals surface area contributed by atoms with Crippen molar-refractivity contribution in [1.82, 2.24) is 23.8 Å². The first kappa shape index (κ1) is 20.5. The number of rotatable bonds is 4. The SMILES string of the molecule is CC(N)c1nccn1C.CC(NS(=O)C(C)(C)C)c1nccn1C. The molecular weight excluding hydrogens is 324 g/mol. The minimum atomic E-state index is -1.06. The molecule has 2 aromatic rings. The first-order valence-electron chi connectivity index (χ1n) is 7.92. The predicted molar refractivity (Wildman–Crippen MR) is 98.5 cm³/mol. The van der Waals surface area contributed by atoms with Gasteiger partial charge in [0, 0.05) is 38.9 Å². The summed E-state index contributed by atoms with van der Waals surface area (Å²) in [5.74, 6) is 1.82. The molecule has 3 unspecified atom stereocenters. The predicted octanol–water partition coefficient (Wildman–Crippen LogP) is 1.97. The molecule has 7 nitrogen and oxygen atoms in total. The van der Waals surface area contributed by atoms with Crippen molar-refractivity contribution in [3.05, 3.63) is 36.4 Å². The Morgan fingerprint density at radius 1 is 1.08 bits per heavy atom. The van der Waals surface area contributed by atoms with E-state index >= 15 is 0 Å². The average Bonchev–Trinajstić information content (AvgIpc) is 3.06. The van der Waals surface area contributed by atoms with E-state index in [4.69, 9.17) is 5.73 Å². The fraction of sp³-hybridized carbons (Fsp3) is 0.625. The fourth-order valence-electron chi connectivity index (χ4n) is 2.00. The summed E-state index contributed by atoms with van der Waals surface area (Å²) in [5.41, 5.74) is 5.58. The Bertz CT molecular complexity index is 656. The number of hydrogen-bond donors (Lipinski definition) is 2. The van der Waals surface area contributed by atoms with Gasteiger partial charge >= 0.3 is 0 Å². The van der Waals surface area contributed by atoms with Crippen molar-refractivity contribution in [2.45, 2.75) is 51.4 Å². The zero-order valence-corrected chi connectivity index (χ0v) is 16.5. The van der Waals surface area contributed by atoms with Crippen LogP contribution in [0.25, 0.3) is 0 Å². The van der Waals surface area contributed by atoms with Crippen molar-refractivity contribution < 1.29 is 4.21 Å². The van der Waals surface area contributed by atoms with Crippen LogP contribution in [0.1, 0.15) is 58.4 Å². The van der Waals surface area contributed by atoms with Crippen molar-refractivity contribution in [2.24, 2.45) is 19.8 Å². The second-order valence-electron chi connectivity index (χ2n) is 6.80. The van der Waals surface area contributed by atoms with Gasteiger partial charge in [-0.2, -0.15) is 0 Å². The number of imidazole rings is 2. The molecule has 0 saturated carbocycles. The molecule has 3 atom stereocenters. The molecule has 24 heavy (non-hydrogen) atoms. The van der Waals surface area contributed by atoms with Crippen LogP contribution in [0.3, 0.4) is 0 Å². The number of nitrogens with zero attached hydrogens (tertiary/aromatic N) is 4. The first-order chi connectivity index (χ1) is 11.0. The third kappa shape index (κ3) is 5.85. The number of nitrogens with one attached hydrogen (secondary N) is 1. The zero-order valence-electron chi connectivity index (χ0n) is 15.6. The van der Waals surface area contributed by atoms with Gasteiger partial charge in [0.1, 0.15) is 11.6 Å². The minimum Gasteiger partial charge on any atom is -0.337 e. The fourth-order valence-corrected chi connectivity index (χ4v) is 2.78. The van der Waals surface area contributed by atoms with E-state index in [1.54, 1.807) is 12.4 Å². The van der Waals surface area contributed by atoms with Crippen LogP contribution in [0.5, 0.6) is 0 Å². The molecule has 0 amide bonds. The van der Waals surface area contributed by atoms with Gasteiger partial charge in [-0.25, -0.2) is 18.9 Å². The van der Waals surface area contributed by atoms with Crippen molar-refractivity contribution >= 4 is 11.0 Å². The van der Waals surface area contributed by atoms with Crippen molar-refractivity contribution in [3.63, 3.8) is 0 Å². The van der Waals surface area contributed by atoms with Gasteiger partial charge in [0.15, 0.2) is 0 Å². The average molecular weight is 355 g/mol. The quantitative estimate of drug-likeness (QED) is 0.878. The lowest BCUT2D eigenvalue weighted by molar-refractivity contribution is 0.593. The van der Waals surface area contributed by atoms with E-state index in [0.717, 1.165) is 11.6 Å². The maximum absolute atomic E-state index is 11.8. The highest BCUT2D eigenvalue weighted by atomic mass is 32.2. The van der Waals surface area contributed by atoms with E-state index in [-0.39, 0.29) is 16.8 Å². The summed E-state index contributed by atoms with van der Waals surface area (Å²) in [6.07, 6.45) is 7.26. The molecule has 0 aromatic carbocycles. The maximum Gasteiger partial charge on any atom is 0.126 e. The molecule has 0 aliphatic rings. The van der Waals surface area contributed by atoms with E-state index in [1.165, 1.54) is 0 Å². The normalized spacial score (nSPS) is 15.3. The Labute approximate surface area is 147 Å². The summed E-state index contributed by atoms with van der Waals surface area (Å²) >= 11 is 0. The highest BCUT2D eigenvalue weighted by molar-refractivity contribution is 7.84. The number of hydrogen-bond acceptors (Lipinski definition) is 4. The summed E-state index contributed by atoms with van der Waals surface area (Å²) in [7, 11) is 2.80. The van der Waals surface area contributed by atoms with Gasteiger partial charge in [-0.05, 0) is 34.6 Å². The largest absolute Gasteiger partial charge is 0.337 e. The van der Waals surface area contributed by atoms with E-state index in [9.17, 15) is 4.21 Å². The summed E-state index contributed by atoms with van der Waals surface area (Å²) in [5, 5.41) is 0. The third-order valence-corrected chi connectivity index (χ3v) is 5.03. The Balaban J connectivity index is 0.000000272. The van der Waals surface area contributed by atoms with Crippen LogP contribution < -0.4 is 10.5 Å². The van der Waals surface area contributed by atoms with E-state index in [2.05, 4.69) is 14.7 Å². The molecule has 136 valence electrons. The van der Waals surface area contributed by atoms with E-state index in [0.29, 0.717) is 0 Å². The lowest BCUT2D eigenvalue weighted by atomic mass is 10.3.